The van der Waals surface area contributed by atoms with Gasteiger partial charge < -0.3 is 0 Å². The second-order valence-electron chi connectivity index (χ2n) is 3.80. The first-order valence-electron chi connectivity index (χ1n) is 5.01. The SMILES string of the molecule is Brc1ccc2cc3cccc(Br)c3cc2c1. The molecule has 3 rings (SSSR count). The van der Waals surface area contributed by atoms with Gasteiger partial charge in [0, 0.05) is 8.95 Å². The van der Waals surface area contributed by atoms with Crippen molar-refractivity contribution >= 4 is 53.4 Å². The Morgan fingerprint density at radius 2 is 1.56 bits per heavy atom. The molecule has 2 heteroatoms. The molecule has 0 aliphatic heterocycles. The highest BCUT2D eigenvalue weighted by molar-refractivity contribution is 9.11. The van der Waals surface area contributed by atoms with Crippen LogP contribution in [-0.2, 0) is 0 Å². The fourth-order valence-electron chi connectivity index (χ4n) is 1.96. The summed E-state index contributed by atoms with van der Waals surface area (Å²) in [5.41, 5.74) is 0. The van der Waals surface area contributed by atoms with Gasteiger partial charge in [-0.3, -0.25) is 0 Å². The van der Waals surface area contributed by atoms with Crippen LogP contribution in [0.2, 0.25) is 0 Å². The van der Waals surface area contributed by atoms with Gasteiger partial charge in [0.15, 0.2) is 0 Å². The molecule has 0 nitrogen and oxygen atoms in total. The van der Waals surface area contributed by atoms with Gasteiger partial charge in [-0.25, -0.2) is 0 Å². The Hall–Kier alpha value is -0.860. The topological polar surface area (TPSA) is 0 Å². The first kappa shape index (κ1) is 10.3. The van der Waals surface area contributed by atoms with Gasteiger partial charge in [-0.1, -0.05) is 50.1 Å². The Labute approximate surface area is 111 Å². The van der Waals surface area contributed by atoms with Crippen molar-refractivity contribution in [3.8, 4) is 0 Å². The molecular formula is C14H8Br2. The predicted molar refractivity (Wildman–Crippen MR) is 76.9 cm³/mol. The van der Waals surface area contributed by atoms with E-state index in [4.69, 9.17) is 0 Å². The summed E-state index contributed by atoms with van der Waals surface area (Å²) < 4.78 is 2.26. The maximum atomic E-state index is 3.59. The van der Waals surface area contributed by atoms with Crippen LogP contribution < -0.4 is 0 Å². The zero-order valence-corrected chi connectivity index (χ0v) is 11.5. The molecule has 0 aliphatic carbocycles. The Bertz CT molecular complexity index is 687. The number of hydrogen-bond donors (Lipinski definition) is 0. The van der Waals surface area contributed by atoms with Gasteiger partial charge in [0.1, 0.15) is 0 Å². The Kier molecular flexibility index (Phi) is 2.49. The lowest BCUT2D eigenvalue weighted by molar-refractivity contribution is 1.70. The van der Waals surface area contributed by atoms with E-state index < -0.39 is 0 Å². The van der Waals surface area contributed by atoms with Crippen molar-refractivity contribution in [2.75, 3.05) is 0 Å². The molecule has 0 saturated carbocycles. The van der Waals surface area contributed by atoms with Crippen LogP contribution in [0.15, 0.2) is 57.5 Å². The third kappa shape index (κ3) is 1.66. The molecule has 3 aromatic rings. The van der Waals surface area contributed by atoms with E-state index in [0.717, 1.165) is 8.95 Å². The summed E-state index contributed by atoms with van der Waals surface area (Å²) in [5, 5.41) is 5.06. The van der Waals surface area contributed by atoms with Crippen LogP contribution >= 0.6 is 31.9 Å². The minimum Gasteiger partial charge on any atom is -0.0605 e. The third-order valence-electron chi connectivity index (χ3n) is 2.75. The molecule has 0 radical (unpaired) electrons. The smallest absolute Gasteiger partial charge is 0.0253 e. The summed E-state index contributed by atoms with van der Waals surface area (Å²) in [7, 11) is 0. The van der Waals surface area contributed by atoms with Crippen molar-refractivity contribution in [2.24, 2.45) is 0 Å². The van der Waals surface area contributed by atoms with Crippen molar-refractivity contribution in [1.82, 2.24) is 0 Å². The summed E-state index contributed by atoms with van der Waals surface area (Å²) in [6.07, 6.45) is 0. The van der Waals surface area contributed by atoms with Crippen LogP contribution in [0.1, 0.15) is 0 Å². The van der Waals surface area contributed by atoms with Crippen LogP contribution in [0.3, 0.4) is 0 Å². The Balaban J connectivity index is 2.49. The molecule has 0 aromatic heterocycles. The molecule has 0 atom stereocenters. The van der Waals surface area contributed by atoms with Gasteiger partial charge in [0.05, 0.1) is 0 Å². The fraction of sp³-hybridized carbons (Fsp3) is 0. The number of benzene rings is 3. The maximum absolute atomic E-state index is 3.59. The van der Waals surface area contributed by atoms with Gasteiger partial charge in [0.25, 0.3) is 0 Å². The Morgan fingerprint density at radius 3 is 2.44 bits per heavy atom. The molecule has 0 amide bonds. The second-order valence-corrected chi connectivity index (χ2v) is 5.57. The van der Waals surface area contributed by atoms with Gasteiger partial charge >= 0.3 is 0 Å². The molecule has 0 aliphatic rings. The van der Waals surface area contributed by atoms with Crippen LogP contribution in [0.25, 0.3) is 21.5 Å². The lowest BCUT2D eigenvalue weighted by Crippen LogP contribution is -1.77. The summed E-state index contributed by atoms with van der Waals surface area (Å²) in [6.45, 7) is 0. The molecule has 0 bridgehead atoms. The number of fused-ring (bicyclic) bond motifs is 2. The van der Waals surface area contributed by atoms with E-state index in [1.54, 1.807) is 0 Å². The molecule has 0 spiro atoms. The van der Waals surface area contributed by atoms with E-state index in [1.165, 1.54) is 21.5 Å². The number of hydrogen-bond acceptors (Lipinski definition) is 0. The molecule has 0 fully saturated rings. The highest BCUT2D eigenvalue weighted by Crippen LogP contribution is 2.29. The van der Waals surface area contributed by atoms with Crippen molar-refractivity contribution in [1.29, 1.82) is 0 Å². The van der Waals surface area contributed by atoms with Crippen LogP contribution in [0.5, 0.6) is 0 Å². The lowest BCUT2D eigenvalue weighted by Gasteiger charge is -2.04. The normalized spacial score (nSPS) is 11.1. The van der Waals surface area contributed by atoms with Crippen LogP contribution in [0, 0.1) is 0 Å². The summed E-state index contributed by atoms with van der Waals surface area (Å²) in [6, 6.07) is 17.1. The fourth-order valence-corrected chi connectivity index (χ4v) is 2.83. The number of halogens is 2. The first-order valence-corrected chi connectivity index (χ1v) is 6.60. The lowest BCUT2D eigenvalue weighted by atomic mass is 10.0. The quantitative estimate of drug-likeness (QED) is 0.474. The van der Waals surface area contributed by atoms with Crippen molar-refractivity contribution in [3.63, 3.8) is 0 Å². The first-order chi connectivity index (χ1) is 7.74. The largest absolute Gasteiger partial charge is 0.0605 e. The molecule has 0 heterocycles. The van der Waals surface area contributed by atoms with Gasteiger partial charge in [-0.2, -0.15) is 0 Å². The Morgan fingerprint density at radius 1 is 0.688 bits per heavy atom. The molecule has 0 saturated heterocycles. The summed E-state index contributed by atoms with van der Waals surface area (Å²) in [4.78, 5) is 0. The average Bonchev–Trinajstić information content (AvgIpc) is 2.28. The minimum absolute atomic E-state index is 1.12. The second kappa shape index (κ2) is 3.86. The summed E-state index contributed by atoms with van der Waals surface area (Å²) >= 11 is 7.09. The highest BCUT2D eigenvalue weighted by atomic mass is 79.9. The van der Waals surface area contributed by atoms with E-state index in [1.807, 2.05) is 0 Å². The molecule has 0 N–H and O–H groups in total. The standard InChI is InChI=1S/C14H8Br2/c15-12-5-4-9-6-10-2-1-3-14(16)13(10)8-11(9)7-12/h1-8H. The zero-order valence-electron chi connectivity index (χ0n) is 8.37. The monoisotopic (exact) mass is 334 g/mol. The molecule has 0 unspecified atom stereocenters. The van der Waals surface area contributed by atoms with Gasteiger partial charge in [-0.05, 0) is 51.9 Å². The van der Waals surface area contributed by atoms with Crippen molar-refractivity contribution in [2.45, 2.75) is 0 Å². The maximum Gasteiger partial charge on any atom is 0.0253 e. The van der Waals surface area contributed by atoms with E-state index in [9.17, 15) is 0 Å². The zero-order chi connectivity index (χ0) is 11.1. The van der Waals surface area contributed by atoms with Crippen molar-refractivity contribution in [3.05, 3.63) is 57.5 Å². The van der Waals surface area contributed by atoms with E-state index in [0.29, 0.717) is 0 Å². The average molecular weight is 336 g/mol. The third-order valence-corrected chi connectivity index (χ3v) is 3.93. The summed E-state index contributed by atoms with van der Waals surface area (Å²) in [5.74, 6) is 0. The van der Waals surface area contributed by atoms with E-state index in [-0.39, 0.29) is 0 Å². The predicted octanol–water partition coefficient (Wildman–Crippen LogP) is 5.52. The molecule has 78 valence electrons. The molecular weight excluding hydrogens is 328 g/mol. The van der Waals surface area contributed by atoms with Gasteiger partial charge in [-0.15, -0.1) is 0 Å². The highest BCUT2D eigenvalue weighted by Gasteiger charge is 2.01. The van der Waals surface area contributed by atoms with E-state index in [2.05, 4.69) is 80.4 Å². The van der Waals surface area contributed by atoms with E-state index >= 15 is 0 Å². The molecule has 3 aromatic carbocycles. The van der Waals surface area contributed by atoms with Crippen LogP contribution in [-0.4, -0.2) is 0 Å². The number of rotatable bonds is 0. The van der Waals surface area contributed by atoms with Gasteiger partial charge in [0.2, 0.25) is 0 Å². The van der Waals surface area contributed by atoms with Crippen LogP contribution in [0.4, 0.5) is 0 Å². The minimum atomic E-state index is 1.12. The molecule has 16 heavy (non-hydrogen) atoms. The van der Waals surface area contributed by atoms with Crippen molar-refractivity contribution < 1.29 is 0 Å².